The molecule has 114 valence electrons. The van der Waals surface area contributed by atoms with Gasteiger partial charge in [0.05, 0.1) is 0 Å². The van der Waals surface area contributed by atoms with E-state index in [4.69, 9.17) is 0 Å². The van der Waals surface area contributed by atoms with E-state index in [2.05, 4.69) is 24.1 Å². The quantitative estimate of drug-likeness (QED) is 0.810. The Labute approximate surface area is 123 Å². The Balaban J connectivity index is 1.65. The van der Waals surface area contributed by atoms with Crippen LogP contribution in [0.3, 0.4) is 0 Å². The monoisotopic (exact) mass is 278 g/mol. The van der Waals surface area contributed by atoms with Crippen molar-refractivity contribution in [3.8, 4) is 0 Å². The van der Waals surface area contributed by atoms with E-state index in [1.807, 2.05) is 0 Å². The summed E-state index contributed by atoms with van der Waals surface area (Å²) in [6, 6.07) is 0. The van der Waals surface area contributed by atoms with Crippen molar-refractivity contribution in [1.82, 2.24) is 10.2 Å². The predicted molar refractivity (Wildman–Crippen MR) is 81.4 cm³/mol. The minimum Gasteiger partial charge on any atom is -0.342 e. The fourth-order valence-electron chi connectivity index (χ4n) is 3.51. The fourth-order valence-corrected chi connectivity index (χ4v) is 3.51. The van der Waals surface area contributed by atoms with Gasteiger partial charge in [-0.25, -0.2) is 0 Å². The van der Waals surface area contributed by atoms with Crippen molar-refractivity contribution in [2.24, 2.45) is 23.2 Å². The normalized spacial score (nSPS) is 27.4. The van der Waals surface area contributed by atoms with Gasteiger partial charge in [0.25, 0.3) is 0 Å². The average Bonchev–Trinajstić information content (AvgIpc) is 3.33. The summed E-state index contributed by atoms with van der Waals surface area (Å²) in [5.74, 6) is 2.53. The summed E-state index contributed by atoms with van der Waals surface area (Å²) >= 11 is 0. The summed E-state index contributed by atoms with van der Waals surface area (Å²) in [6.45, 7) is 8.55. The minimum atomic E-state index is -0.197. The lowest BCUT2D eigenvalue weighted by atomic mass is 9.74. The van der Waals surface area contributed by atoms with Crippen molar-refractivity contribution in [3.05, 3.63) is 0 Å². The standard InChI is InChI=1S/C17H30N2O/c1-17(2,15-4-3-9-18-10-15)16(20)19(11-13-5-6-13)12-14-7-8-14/h13-15,18H,3-12H2,1-2H3. The molecule has 1 atom stereocenters. The number of hydrogen-bond donors (Lipinski definition) is 1. The van der Waals surface area contributed by atoms with E-state index in [0.717, 1.165) is 38.0 Å². The zero-order chi connectivity index (χ0) is 14.2. The molecule has 3 nitrogen and oxygen atoms in total. The molecule has 0 bridgehead atoms. The molecule has 1 aliphatic heterocycles. The van der Waals surface area contributed by atoms with Crippen LogP contribution >= 0.6 is 0 Å². The fraction of sp³-hybridized carbons (Fsp3) is 0.941. The number of rotatable bonds is 6. The van der Waals surface area contributed by atoms with E-state index in [1.165, 1.54) is 38.5 Å². The lowest BCUT2D eigenvalue weighted by Crippen LogP contribution is -2.50. The van der Waals surface area contributed by atoms with E-state index in [1.54, 1.807) is 0 Å². The number of piperidine rings is 1. The van der Waals surface area contributed by atoms with Gasteiger partial charge in [0.2, 0.25) is 5.91 Å². The van der Waals surface area contributed by atoms with E-state index in [0.29, 0.717) is 11.8 Å². The molecule has 20 heavy (non-hydrogen) atoms. The number of nitrogens with zero attached hydrogens (tertiary/aromatic N) is 1. The largest absolute Gasteiger partial charge is 0.342 e. The number of nitrogens with one attached hydrogen (secondary N) is 1. The molecule has 2 aliphatic carbocycles. The van der Waals surface area contributed by atoms with Crippen molar-refractivity contribution in [3.63, 3.8) is 0 Å². The number of amides is 1. The molecule has 1 N–H and O–H groups in total. The molecule has 0 aromatic heterocycles. The van der Waals surface area contributed by atoms with Crippen LogP contribution in [0.2, 0.25) is 0 Å². The molecule has 0 spiro atoms. The van der Waals surface area contributed by atoms with Crippen LogP contribution < -0.4 is 5.32 Å². The van der Waals surface area contributed by atoms with Crippen LogP contribution in [-0.2, 0) is 4.79 Å². The van der Waals surface area contributed by atoms with Gasteiger partial charge in [-0.05, 0) is 69.4 Å². The summed E-state index contributed by atoms with van der Waals surface area (Å²) < 4.78 is 0. The van der Waals surface area contributed by atoms with Crippen LogP contribution in [0.5, 0.6) is 0 Å². The molecule has 2 saturated carbocycles. The van der Waals surface area contributed by atoms with E-state index >= 15 is 0 Å². The highest BCUT2D eigenvalue weighted by molar-refractivity contribution is 5.82. The summed E-state index contributed by atoms with van der Waals surface area (Å²) in [4.78, 5) is 15.3. The molecule has 1 heterocycles. The number of carbonyl (C=O) groups excluding carboxylic acids is 1. The van der Waals surface area contributed by atoms with Crippen molar-refractivity contribution in [2.75, 3.05) is 26.2 Å². The number of hydrogen-bond acceptors (Lipinski definition) is 2. The van der Waals surface area contributed by atoms with Crippen LogP contribution in [0.4, 0.5) is 0 Å². The first-order valence-electron chi connectivity index (χ1n) is 8.57. The second-order valence-corrected chi connectivity index (χ2v) is 7.86. The Morgan fingerprint density at radius 2 is 1.70 bits per heavy atom. The van der Waals surface area contributed by atoms with Gasteiger partial charge in [-0.3, -0.25) is 4.79 Å². The van der Waals surface area contributed by atoms with Gasteiger partial charge in [0, 0.05) is 18.5 Å². The molecule has 3 aliphatic rings. The zero-order valence-electron chi connectivity index (χ0n) is 13.2. The first kappa shape index (κ1) is 14.4. The molecule has 1 unspecified atom stereocenters. The first-order chi connectivity index (χ1) is 9.57. The third-order valence-electron chi connectivity index (χ3n) is 5.51. The molecule has 1 amide bonds. The summed E-state index contributed by atoms with van der Waals surface area (Å²) in [7, 11) is 0. The molecule has 3 fully saturated rings. The smallest absolute Gasteiger partial charge is 0.228 e. The van der Waals surface area contributed by atoms with Crippen LogP contribution in [0.25, 0.3) is 0 Å². The van der Waals surface area contributed by atoms with Crippen molar-refractivity contribution < 1.29 is 4.79 Å². The molecule has 0 aromatic carbocycles. The molecular weight excluding hydrogens is 248 g/mol. The highest BCUT2D eigenvalue weighted by Crippen LogP contribution is 2.38. The van der Waals surface area contributed by atoms with Gasteiger partial charge in [0.15, 0.2) is 0 Å². The average molecular weight is 278 g/mol. The van der Waals surface area contributed by atoms with Crippen molar-refractivity contribution in [2.45, 2.75) is 52.4 Å². The molecule has 0 aromatic rings. The lowest BCUT2D eigenvalue weighted by Gasteiger charge is -2.39. The van der Waals surface area contributed by atoms with Crippen LogP contribution in [0, 0.1) is 23.2 Å². The maximum absolute atomic E-state index is 13.1. The Hall–Kier alpha value is -0.570. The minimum absolute atomic E-state index is 0.197. The maximum Gasteiger partial charge on any atom is 0.228 e. The summed E-state index contributed by atoms with van der Waals surface area (Å²) in [6.07, 6.45) is 7.75. The number of carbonyl (C=O) groups is 1. The van der Waals surface area contributed by atoms with Crippen LogP contribution in [0.1, 0.15) is 52.4 Å². The zero-order valence-corrected chi connectivity index (χ0v) is 13.2. The molecule has 3 heteroatoms. The van der Waals surface area contributed by atoms with Crippen LogP contribution in [-0.4, -0.2) is 37.0 Å². The lowest BCUT2D eigenvalue weighted by molar-refractivity contribution is -0.144. The van der Waals surface area contributed by atoms with Gasteiger partial charge >= 0.3 is 0 Å². The second kappa shape index (κ2) is 5.67. The molecular formula is C17H30N2O. The highest BCUT2D eigenvalue weighted by Gasteiger charge is 2.42. The van der Waals surface area contributed by atoms with Crippen molar-refractivity contribution >= 4 is 5.91 Å². The Morgan fingerprint density at radius 1 is 1.10 bits per heavy atom. The van der Waals surface area contributed by atoms with Gasteiger partial charge in [-0.2, -0.15) is 0 Å². The first-order valence-corrected chi connectivity index (χ1v) is 8.57. The summed E-state index contributed by atoms with van der Waals surface area (Å²) in [5.41, 5.74) is -0.197. The van der Waals surface area contributed by atoms with E-state index in [9.17, 15) is 4.79 Å². The van der Waals surface area contributed by atoms with Gasteiger partial charge in [-0.1, -0.05) is 13.8 Å². The van der Waals surface area contributed by atoms with E-state index in [-0.39, 0.29) is 5.41 Å². The maximum atomic E-state index is 13.1. The van der Waals surface area contributed by atoms with Crippen LogP contribution in [0.15, 0.2) is 0 Å². The Morgan fingerprint density at radius 3 is 2.15 bits per heavy atom. The Bertz CT molecular complexity index is 338. The van der Waals surface area contributed by atoms with Gasteiger partial charge in [0.1, 0.15) is 0 Å². The second-order valence-electron chi connectivity index (χ2n) is 7.86. The SMILES string of the molecule is CC(C)(C(=O)N(CC1CC1)CC1CC1)C1CCCNC1. The molecule has 1 saturated heterocycles. The van der Waals surface area contributed by atoms with Gasteiger partial charge < -0.3 is 10.2 Å². The van der Waals surface area contributed by atoms with Gasteiger partial charge in [-0.15, -0.1) is 0 Å². The third-order valence-corrected chi connectivity index (χ3v) is 5.51. The van der Waals surface area contributed by atoms with E-state index < -0.39 is 0 Å². The summed E-state index contributed by atoms with van der Waals surface area (Å²) in [5, 5.41) is 3.47. The molecule has 3 rings (SSSR count). The van der Waals surface area contributed by atoms with Crippen molar-refractivity contribution in [1.29, 1.82) is 0 Å². The third kappa shape index (κ3) is 3.36. The molecule has 0 radical (unpaired) electrons. The highest BCUT2D eigenvalue weighted by atomic mass is 16.2. The predicted octanol–water partition coefficient (Wildman–Crippen LogP) is 2.66. The Kier molecular flexibility index (Phi) is 4.07. The topological polar surface area (TPSA) is 32.3 Å².